The van der Waals surface area contributed by atoms with Gasteiger partial charge in [0.2, 0.25) is 5.91 Å². The largest absolute Gasteiger partial charge is 0.483 e. The van der Waals surface area contributed by atoms with Crippen LogP contribution in [0, 0.1) is 6.92 Å². The minimum atomic E-state index is -0.476. The summed E-state index contributed by atoms with van der Waals surface area (Å²) in [6.07, 6.45) is 0.538. The summed E-state index contributed by atoms with van der Waals surface area (Å²) in [7, 11) is 0. The summed E-state index contributed by atoms with van der Waals surface area (Å²) < 4.78 is 10.8. The van der Waals surface area contributed by atoms with Crippen LogP contribution >= 0.6 is 22.9 Å². The van der Waals surface area contributed by atoms with Gasteiger partial charge in [0, 0.05) is 23.4 Å². The summed E-state index contributed by atoms with van der Waals surface area (Å²) in [5.41, 5.74) is 2.02. The number of benzene rings is 1. The highest BCUT2D eigenvalue weighted by Crippen LogP contribution is 2.37. The van der Waals surface area contributed by atoms with Gasteiger partial charge in [0.15, 0.2) is 6.61 Å². The molecule has 9 heteroatoms. The normalized spacial score (nSPS) is 12.9. The number of hydrogen-bond donors (Lipinski definition) is 1. The van der Waals surface area contributed by atoms with Crippen molar-refractivity contribution >= 4 is 45.7 Å². The van der Waals surface area contributed by atoms with E-state index in [9.17, 15) is 14.4 Å². The predicted molar refractivity (Wildman–Crippen MR) is 115 cm³/mol. The fourth-order valence-electron chi connectivity index (χ4n) is 3.26. The number of halogens is 1. The second-order valence-electron chi connectivity index (χ2n) is 6.87. The van der Waals surface area contributed by atoms with Crippen LogP contribution in [0.2, 0.25) is 5.02 Å². The molecule has 0 spiro atoms. The lowest BCUT2D eigenvalue weighted by molar-refractivity contribution is -0.129. The molecule has 160 valence electrons. The highest BCUT2D eigenvalue weighted by molar-refractivity contribution is 7.17. The molecule has 0 saturated heterocycles. The molecule has 1 N–H and O–H groups in total. The van der Waals surface area contributed by atoms with Crippen molar-refractivity contribution in [2.75, 3.05) is 25.1 Å². The van der Waals surface area contributed by atoms with Crippen molar-refractivity contribution in [3.8, 4) is 5.75 Å². The van der Waals surface area contributed by atoms with E-state index in [4.69, 9.17) is 21.1 Å². The van der Waals surface area contributed by atoms with Crippen molar-refractivity contribution in [2.45, 2.75) is 33.7 Å². The summed E-state index contributed by atoms with van der Waals surface area (Å²) in [4.78, 5) is 39.4. The number of ether oxygens (including phenoxy) is 2. The van der Waals surface area contributed by atoms with E-state index in [0.29, 0.717) is 40.8 Å². The molecule has 3 rings (SSSR count). The zero-order chi connectivity index (χ0) is 21.8. The van der Waals surface area contributed by atoms with Gasteiger partial charge in [-0.3, -0.25) is 9.59 Å². The zero-order valence-electron chi connectivity index (χ0n) is 17.0. The molecule has 0 fully saturated rings. The molecule has 1 aromatic heterocycles. The Labute approximate surface area is 183 Å². The van der Waals surface area contributed by atoms with Crippen LogP contribution in [0.3, 0.4) is 0 Å². The summed E-state index contributed by atoms with van der Waals surface area (Å²) in [6.45, 7) is 6.04. The molecule has 0 unspecified atom stereocenters. The van der Waals surface area contributed by atoms with Crippen molar-refractivity contribution in [2.24, 2.45) is 0 Å². The lowest BCUT2D eigenvalue weighted by Crippen LogP contribution is -2.34. The van der Waals surface area contributed by atoms with Gasteiger partial charge in [0.1, 0.15) is 10.8 Å². The molecule has 1 aromatic carbocycles. The summed E-state index contributed by atoms with van der Waals surface area (Å²) in [5.74, 6) is -0.334. The number of nitrogens with zero attached hydrogens (tertiary/aromatic N) is 1. The molecular formula is C21H23ClN2O5S. The minimum Gasteiger partial charge on any atom is -0.483 e. The van der Waals surface area contributed by atoms with Crippen LogP contribution in [0.5, 0.6) is 5.75 Å². The Morgan fingerprint density at radius 3 is 2.73 bits per heavy atom. The molecule has 30 heavy (non-hydrogen) atoms. The molecule has 2 aromatic rings. The van der Waals surface area contributed by atoms with Crippen LogP contribution in [-0.4, -0.2) is 42.4 Å². The van der Waals surface area contributed by atoms with Crippen LogP contribution in [-0.2, 0) is 27.3 Å². The third-order valence-electron chi connectivity index (χ3n) is 4.73. The van der Waals surface area contributed by atoms with Crippen LogP contribution in [0.25, 0.3) is 0 Å². The molecule has 7 nitrogen and oxygen atoms in total. The number of esters is 1. The topological polar surface area (TPSA) is 84.9 Å². The molecule has 1 aliphatic heterocycles. The van der Waals surface area contributed by atoms with Crippen molar-refractivity contribution < 1.29 is 23.9 Å². The van der Waals surface area contributed by atoms with Gasteiger partial charge in [-0.2, -0.15) is 0 Å². The SMILES string of the molecule is CCOC(=O)c1c(NC(=O)COc2ccc(Cl)cc2C)sc2c1CCN(C(C)=O)C2. The number of nitrogens with one attached hydrogen (secondary N) is 1. The molecular weight excluding hydrogens is 428 g/mol. The van der Waals surface area contributed by atoms with Gasteiger partial charge in [-0.15, -0.1) is 11.3 Å². The Kier molecular flexibility index (Phi) is 6.99. The highest BCUT2D eigenvalue weighted by atomic mass is 35.5. The first-order valence-corrected chi connectivity index (χ1v) is 10.8. The first-order valence-electron chi connectivity index (χ1n) is 9.56. The number of carbonyl (C=O) groups excluding carboxylic acids is 3. The lowest BCUT2D eigenvalue weighted by atomic mass is 10.0. The Balaban J connectivity index is 1.77. The van der Waals surface area contributed by atoms with Crippen molar-refractivity contribution in [1.82, 2.24) is 4.90 Å². The van der Waals surface area contributed by atoms with Crippen LogP contribution < -0.4 is 10.1 Å². The van der Waals surface area contributed by atoms with Gasteiger partial charge < -0.3 is 19.7 Å². The number of rotatable bonds is 6. The lowest BCUT2D eigenvalue weighted by Gasteiger charge is -2.25. The van der Waals surface area contributed by atoms with E-state index < -0.39 is 11.9 Å². The van der Waals surface area contributed by atoms with Crippen LogP contribution in [0.15, 0.2) is 18.2 Å². The van der Waals surface area contributed by atoms with Gasteiger partial charge in [0.25, 0.3) is 5.91 Å². The van der Waals surface area contributed by atoms with Gasteiger partial charge >= 0.3 is 5.97 Å². The van der Waals surface area contributed by atoms with Gasteiger partial charge in [-0.05, 0) is 49.6 Å². The fourth-order valence-corrected chi connectivity index (χ4v) is 4.75. The summed E-state index contributed by atoms with van der Waals surface area (Å²) in [5, 5.41) is 3.79. The average Bonchev–Trinajstić information content (AvgIpc) is 3.04. The van der Waals surface area contributed by atoms with E-state index in [1.807, 2.05) is 6.92 Å². The molecule has 0 bridgehead atoms. The van der Waals surface area contributed by atoms with Crippen molar-refractivity contribution in [1.29, 1.82) is 0 Å². The van der Waals surface area contributed by atoms with Gasteiger partial charge in [-0.1, -0.05) is 11.6 Å². The number of fused-ring (bicyclic) bond motifs is 1. The Morgan fingerprint density at radius 2 is 2.07 bits per heavy atom. The first-order chi connectivity index (χ1) is 14.3. The molecule has 0 aliphatic carbocycles. The number of aryl methyl sites for hydroxylation is 1. The van der Waals surface area contributed by atoms with E-state index in [-0.39, 0.29) is 19.1 Å². The van der Waals surface area contributed by atoms with Gasteiger partial charge in [-0.25, -0.2) is 4.79 Å². The van der Waals surface area contributed by atoms with Crippen molar-refractivity contribution in [3.63, 3.8) is 0 Å². The van der Waals surface area contributed by atoms with E-state index in [1.165, 1.54) is 18.3 Å². The standard InChI is InChI=1S/C21H23ClN2O5S/c1-4-28-21(27)19-15-7-8-24(13(3)25)10-17(15)30-20(19)23-18(26)11-29-16-6-5-14(22)9-12(16)2/h5-6,9H,4,7-8,10-11H2,1-3H3,(H,23,26). The predicted octanol–water partition coefficient (Wildman–Crippen LogP) is 3.81. The monoisotopic (exact) mass is 450 g/mol. The maximum absolute atomic E-state index is 12.6. The minimum absolute atomic E-state index is 0.0240. The third kappa shape index (κ3) is 4.94. The maximum Gasteiger partial charge on any atom is 0.341 e. The van der Waals surface area contributed by atoms with Crippen molar-refractivity contribution in [3.05, 3.63) is 44.8 Å². The number of amides is 2. The van der Waals surface area contributed by atoms with E-state index in [1.54, 1.807) is 30.0 Å². The molecule has 0 atom stereocenters. The Hall–Kier alpha value is -2.58. The maximum atomic E-state index is 12.6. The average molecular weight is 451 g/mol. The Bertz CT molecular complexity index is 988. The molecule has 0 saturated carbocycles. The number of anilines is 1. The number of thiophene rings is 1. The van der Waals surface area contributed by atoms with Gasteiger partial charge in [0.05, 0.1) is 18.7 Å². The zero-order valence-corrected chi connectivity index (χ0v) is 18.6. The second kappa shape index (κ2) is 9.49. The van der Waals surface area contributed by atoms with E-state index in [0.717, 1.165) is 16.0 Å². The molecule has 1 aliphatic rings. The highest BCUT2D eigenvalue weighted by Gasteiger charge is 2.30. The first kappa shape index (κ1) is 22.1. The number of hydrogen-bond acceptors (Lipinski definition) is 6. The van der Waals surface area contributed by atoms with Crippen LogP contribution in [0.1, 0.15) is 40.2 Å². The molecule has 0 radical (unpaired) electrons. The van der Waals surface area contributed by atoms with E-state index in [2.05, 4.69) is 5.32 Å². The summed E-state index contributed by atoms with van der Waals surface area (Å²) in [6, 6.07) is 5.14. The summed E-state index contributed by atoms with van der Waals surface area (Å²) >= 11 is 7.23. The van der Waals surface area contributed by atoms with E-state index >= 15 is 0 Å². The molecule has 2 amide bonds. The smallest absolute Gasteiger partial charge is 0.341 e. The fraction of sp³-hybridized carbons (Fsp3) is 0.381. The number of carbonyl (C=O) groups is 3. The van der Waals surface area contributed by atoms with Crippen LogP contribution in [0.4, 0.5) is 5.00 Å². The second-order valence-corrected chi connectivity index (χ2v) is 8.41. The quantitative estimate of drug-likeness (QED) is 0.676. The third-order valence-corrected chi connectivity index (χ3v) is 6.10. The Morgan fingerprint density at radius 1 is 1.30 bits per heavy atom. The molecule has 2 heterocycles.